The molecule has 0 unspecified atom stereocenters. The summed E-state index contributed by atoms with van der Waals surface area (Å²) in [5.41, 5.74) is 3.63. The number of aryl methyl sites for hydroxylation is 1. The van der Waals surface area contributed by atoms with Gasteiger partial charge in [0.2, 0.25) is 0 Å². The van der Waals surface area contributed by atoms with E-state index in [1.165, 1.54) is 6.92 Å². The lowest BCUT2D eigenvalue weighted by atomic mass is 10.1. The van der Waals surface area contributed by atoms with Gasteiger partial charge in [-0.2, -0.15) is 0 Å². The molecule has 0 fully saturated rings. The van der Waals surface area contributed by atoms with Gasteiger partial charge >= 0.3 is 0 Å². The number of imidazole rings is 1. The number of H-pyrrole nitrogens is 2. The average molecular weight is 408 g/mol. The molecule has 0 saturated carbocycles. The Morgan fingerprint density at radius 1 is 1.03 bits per heavy atom. The van der Waals surface area contributed by atoms with E-state index in [1.807, 2.05) is 0 Å². The molecule has 0 spiro atoms. The van der Waals surface area contributed by atoms with Crippen molar-refractivity contribution in [3.8, 4) is 11.4 Å². The van der Waals surface area contributed by atoms with Crippen molar-refractivity contribution in [2.45, 2.75) is 20.8 Å². The minimum atomic E-state index is -0.595. The van der Waals surface area contributed by atoms with Gasteiger partial charge in [0, 0.05) is 16.9 Å². The minimum absolute atomic E-state index is 0.0195. The maximum absolute atomic E-state index is 14.0. The Labute approximate surface area is 170 Å². The molecule has 4 rings (SSSR count). The number of ketones is 1. The zero-order valence-electron chi connectivity index (χ0n) is 16.5. The molecule has 4 aromatic rings. The van der Waals surface area contributed by atoms with Crippen molar-refractivity contribution in [3.05, 3.63) is 70.5 Å². The highest BCUT2D eigenvalue weighted by Gasteiger charge is 2.20. The minimum Gasteiger partial charge on any atom is -0.354 e. The van der Waals surface area contributed by atoms with Gasteiger partial charge in [0.1, 0.15) is 23.2 Å². The molecule has 0 aliphatic carbocycles. The summed E-state index contributed by atoms with van der Waals surface area (Å²) in [5, 5.41) is 2.78. The Bertz CT molecular complexity index is 1320. The fourth-order valence-electron chi connectivity index (χ4n) is 3.59. The lowest BCUT2D eigenvalue weighted by Gasteiger charge is -2.05. The fourth-order valence-corrected chi connectivity index (χ4v) is 3.59. The molecule has 0 radical (unpaired) electrons. The molecule has 2 aromatic carbocycles. The van der Waals surface area contributed by atoms with Crippen LogP contribution in [-0.4, -0.2) is 26.6 Å². The molecule has 0 bridgehead atoms. The monoisotopic (exact) mass is 408 g/mol. The predicted octanol–water partition coefficient (Wildman–Crippen LogP) is 4.91. The van der Waals surface area contributed by atoms with Crippen molar-refractivity contribution in [1.82, 2.24) is 15.0 Å². The van der Waals surface area contributed by atoms with Crippen LogP contribution in [0.3, 0.4) is 0 Å². The number of nitrogens with zero attached hydrogens (tertiary/aromatic N) is 1. The first-order chi connectivity index (χ1) is 14.2. The zero-order chi connectivity index (χ0) is 21.6. The number of carbonyl (C=O) groups is 2. The van der Waals surface area contributed by atoms with Crippen molar-refractivity contribution < 1.29 is 18.4 Å². The van der Waals surface area contributed by atoms with Crippen LogP contribution in [0.5, 0.6) is 0 Å². The molecule has 2 aromatic heterocycles. The van der Waals surface area contributed by atoms with Crippen LogP contribution < -0.4 is 5.32 Å². The molecule has 152 valence electrons. The highest BCUT2D eigenvalue weighted by Crippen LogP contribution is 2.26. The predicted molar refractivity (Wildman–Crippen MR) is 110 cm³/mol. The number of anilines is 1. The van der Waals surface area contributed by atoms with Crippen molar-refractivity contribution in [2.24, 2.45) is 0 Å². The summed E-state index contributed by atoms with van der Waals surface area (Å²) in [5.74, 6) is -1.48. The third kappa shape index (κ3) is 3.36. The third-order valence-corrected chi connectivity index (χ3v) is 4.94. The molecule has 8 heteroatoms. The van der Waals surface area contributed by atoms with E-state index in [0.717, 1.165) is 18.2 Å². The Kier molecular flexibility index (Phi) is 4.69. The smallest absolute Gasteiger partial charge is 0.272 e. The first-order valence-electron chi connectivity index (χ1n) is 9.21. The van der Waals surface area contributed by atoms with Gasteiger partial charge in [-0.25, -0.2) is 13.8 Å². The van der Waals surface area contributed by atoms with Gasteiger partial charge in [-0.3, -0.25) is 9.59 Å². The van der Waals surface area contributed by atoms with Crippen LogP contribution in [0.2, 0.25) is 0 Å². The fraction of sp³-hybridized carbons (Fsp3) is 0.136. The molecular formula is C22H18F2N4O2. The normalized spacial score (nSPS) is 11.1. The van der Waals surface area contributed by atoms with Gasteiger partial charge in [-0.1, -0.05) is 0 Å². The number of nitrogens with one attached hydrogen (secondary N) is 3. The Balaban J connectivity index is 1.65. The third-order valence-electron chi connectivity index (χ3n) is 4.94. The molecule has 3 N–H and O–H groups in total. The van der Waals surface area contributed by atoms with Crippen molar-refractivity contribution in [2.75, 3.05) is 5.32 Å². The molecule has 0 aliphatic rings. The number of aromatic nitrogens is 3. The van der Waals surface area contributed by atoms with Crippen LogP contribution in [-0.2, 0) is 0 Å². The first-order valence-corrected chi connectivity index (χ1v) is 9.21. The number of rotatable bonds is 4. The molecule has 0 saturated heterocycles. The first kappa shape index (κ1) is 19.5. The quantitative estimate of drug-likeness (QED) is 0.419. The zero-order valence-corrected chi connectivity index (χ0v) is 16.5. The second kappa shape index (κ2) is 7.22. The van der Waals surface area contributed by atoms with Crippen LogP contribution in [0.25, 0.3) is 22.4 Å². The number of benzene rings is 2. The molecule has 0 aliphatic heterocycles. The van der Waals surface area contributed by atoms with E-state index in [0.29, 0.717) is 39.2 Å². The molecule has 6 nitrogen and oxygen atoms in total. The number of Topliss-reactive ketones (excluding diaryl/α,β-unsaturated/α-hetero) is 1. The topological polar surface area (TPSA) is 90.6 Å². The van der Waals surface area contributed by atoms with Gasteiger partial charge in [0.25, 0.3) is 5.91 Å². The lowest BCUT2D eigenvalue weighted by molar-refractivity contribution is 0.101. The summed E-state index contributed by atoms with van der Waals surface area (Å²) in [4.78, 5) is 34.7. The maximum atomic E-state index is 14.0. The van der Waals surface area contributed by atoms with Gasteiger partial charge in [-0.05, 0) is 62.7 Å². The molecule has 2 heterocycles. The number of aromatic amines is 2. The number of halogens is 2. The molecular weight excluding hydrogens is 390 g/mol. The Morgan fingerprint density at radius 3 is 2.50 bits per heavy atom. The van der Waals surface area contributed by atoms with E-state index in [9.17, 15) is 18.4 Å². The second-order valence-corrected chi connectivity index (χ2v) is 7.08. The Morgan fingerprint density at radius 2 is 1.80 bits per heavy atom. The summed E-state index contributed by atoms with van der Waals surface area (Å²) in [7, 11) is 0. The van der Waals surface area contributed by atoms with E-state index in [4.69, 9.17) is 0 Å². The van der Waals surface area contributed by atoms with Crippen LogP contribution in [0.1, 0.15) is 39.0 Å². The van der Waals surface area contributed by atoms with Gasteiger partial charge < -0.3 is 15.3 Å². The van der Waals surface area contributed by atoms with Crippen molar-refractivity contribution in [1.29, 1.82) is 0 Å². The SMILES string of the molecule is CC(=O)c1c(C)[nH]c(C(=O)Nc2ccc3nc(-c4cc(F)ccc4F)[nH]c3c2)c1C. The van der Waals surface area contributed by atoms with E-state index >= 15 is 0 Å². The second-order valence-electron chi connectivity index (χ2n) is 7.08. The molecule has 1 amide bonds. The summed E-state index contributed by atoms with van der Waals surface area (Å²) in [6, 6.07) is 8.12. The van der Waals surface area contributed by atoms with Crippen molar-refractivity contribution >= 4 is 28.4 Å². The highest BCUT2D eigenvalue weighted by molar-refractivity contribution is 6.08. The lowest BCUT2D eigenvalue weighted by Crippen LogP contribution is -2.13. The van der Waals surface area contributed by atoms with Gasteiger partial charge in [0.05, 0.1) is 16.6 Å². The summed E-state index contributed by atoms with van der Waals surface area (Å²) in [6.45, 7) is 4.91. The number of carbonyl (C=O) groups excluding carboxylic acids is 2. The van der Waals surface area contributed by atoms with Gasteiger partial charge in [-0.15, -0.1) is 0 Å². The highest BCUT2D eigenvalue weighted by atomic mass is 19.1. The summed E-state index contributed by atoms with van der Waals surface area (Å²) >= 11 is 0. The number of amides is 1. The Hall–Kier alpha value is -3.81. The average Bonchev–Trinajstić information content (AvgIpc) is 3.23. The number of fused-ring (bicyclic) bond motifs is 1. The van der Waals surface area contributed by atoms with E-state index in [1.54, 1.807) is 32.0 Å². The largest absolute Gasteiger partial charge is 0.354 e. The van der Waals surface area contributed by atoms with Crippen molar-refractivity contribution in [3.63, 3.8) is 0 Å². The summed E-state index contributed by atoms with van der Waals surface area (Å²) in [6.07, 6.45) is 0. The number of hydrogen-bond donors (Lipinski definition) is 3. The maximum Gasteiger partial charge on any atom is 0.272 e. The summed E-state index contributed by atoms with van der Waals surface area (Å²) < 4.78 is 27.5. The van der Waals surface area contributed by atoms with Crippen LogP contribution in [0.15, 0.2) is 36.4 Å². The van der Waals surface area contributed by atoms with Crippen LogP contribution in [0, 0.1) is 25.5 Å². The van der Waals surface area contributed by atoms with Crippen LogP contribution in [0.4, 0.5) is 14.5 Å². The molecule has 0 atom stereocenters. The number of hydrogen-bond acceptors (Lipinski definition) is 3. The van der Waals surface area contributed by atoms with E-state index in [-0.39, 0.29) is 17.2 Å². The molecule has 30 heavy (non-hydrogen) atoms. The van der Waals surface area contributed by atoms with Gasteiger partial charge in [0.15, 0.2) is 5.78 Å². The van der Waals surface area contributed by atoms with E-state index in [2.05, 4.69) is 20.3 Å². The van der Waals surface area contributed by atoms with Crippen LogP contribution >= 0.6 is 0 Å². The van der Waals surface area contributed by atoms with E-state index < -0.39 is 17.5 Å². The standard InChI is InChI=1S/C22H18F2N4O2/c1-10-19(12(3)29)11(2)25-20(10)22(30)26-14-5-7-17-18(9-14)28-21(27-17)15-8-13(23)4-6-16(15)24/h4-9,25H,1-3H3,(H,26,30)(H,27,28).